The van der Waals surface area contributed by atoms with Crippen molar-refractivity contribution in [2.45, 2.75) is 58.7 Å². The monoisotopic (exact) mass is 517 g/mol. The molecule has 0 aliphatic rings. The van der Waals surface area contributed by atoms with Gasteiger partial charge >= 0.3 is 12.1 Å². The lowest BCUT2D eigenvalue weighted by Crippen LogP contribution is -2.51. The van der Waals surface area contributed by atoms with Crippen molar-refractivity contribution in [3.05, 3.63) is 108 Å². The van der Waals surface area contributed by atoms with Crippen molar-refractivity contribution < 1.29 is 28.9 Å². The summed E-state index contributed by atoms with van der Waals surface area (Å²) in [5, 5.41) is 12.7. The summed E-state index contributed by atoms with van der Waals surface area (Å²) in [5.41, 5.74) is 2.29. The summed E-state index contributed by atoms with van der Waals surface area (Å²) in [4.78, 5) is 25.1. The van der Waals surface area contributed by atoms with E-state index in [0.29, 0.717) is 23.5 Å². The Morgan fingerprint density at radius 1 is 0.868 bits per heavy atom. The lowest BCUT2D eigenvalue weighted by Gasteiger charge is -2.29. The highest BCUT2D eigenvalue weighted by Gasteiger charge is 2.36. The van der Waals surface area contributed by atoms with E-state index in [1.165, 1.54) is 0 Å². The Hall–Kier alpha value is -4.10. The van der Waals surface area contributed by atoms with Crippen molar-refractivity contribution in [3.63, 3.8) is 0 Å². The quantitative estimate of drug-likeness (QED) is 0.313. The van der Waals surface area contributed by atoms with Crippen LogP contribution in [0.5, 0.6) is 5.75 Å². The number of rotatable bonds is 11. The predicted molar refractivity (Wildman–Crippen MR) is 147 cm³/mol. The summed E-state index contributed by atoms with van der Waals surface area (Å²) in [6.07, 6.45) is -0.110. The maximum atomic E-state index is 12.6. The number of hydrogen-bond acceptors (Lipinski definition) is 5. The van der Waals surface area contributed by atoms with Gasteiger partial charge in [0.1, 0.15) is 24.1 Å². The van der Waals surface area contributed by atoms with Gasteiger partial charge < -0.3 is 24.6 Å². The minimum atomic E-state index is -1.43. The van der Waals surface area contributed by atoms with Crippen molar-refractivity contribution in [2.24, 2.45) is 0 Å². The van der Waals surface area contributed by atoms with Gasteiger partial charge in [0.2, 0.25) is 0 Å². The van der Waals surface area contributed by atoms with Gasteiger partial charge in [-0.15, -0.1) is 0 Å². The highest BCUT2D eigenvalue weighted by atomic mass is 16.6. The average Bonchev–Trinajstić information content (AvgIpc) is 2.89. The number of hydrogen-bond donors (Lipinski definition) is 2. The van der Waals surface area contributed by atoms with Crippen LogP contribution < -0.4 is 10.1 Å². The highest BCUT2D eigenvalue weighted by Crippen LogP contribution is 2.32. The van der Waals surface area contributed by atoms with Crippen LogP contribution in [0.25, 0.3) is 5.57 Å². The Kier molecular flexibility index (Phi) is 10.1. The molecule has 2 N–H and O–H groups in total. The molecule has 38 heavy (non-hydrogen) atoms. The molecule has 2 atom stereocenters. The minimum Gasteiger partial charge on any atom is -0.488 e. The van der Waals surface area contributed by atoms with Crippen molar-refractivity contribution >= 4 is 17.6 Å². The van der Waals surface area contributed by atoms with Gasteiger partial charge in [-0.25, -0.2) is 9.59 Å². The molecule has 7 nitrogen and oxygen atoms in total. The largest absolute Gasteiger partial charge is 0.488 e. The lowest BCUT2D eigenvalue weighted by molar-refractivity contribution is -0.142. The molecule has 0 bridgehead atoms. The summed E-state index contributed by atoms with van der Waals surface area (Å²) < 4.78 is 17.7. The van der Waals surface area contributed by atoms with Gasteiger partial charge in [-0.2, -0.15) is 0 Å². The third-order valence-electron chi connectivity index (χ3n) is 5.57. The third-order valence-corrected chi connectivity index (χ3v) is 5.57. The van der Waals surface area contributed by atoms with Crippen molar-refractivity contribution in [1.82, 2.24) is 5.32 Å². The molecule has 0 saturated heterocycles. The van der Waals surface area contributed by atoms with Gasteiger partial charge in [-0.1, -0.05) is 84.9 Å². The molecule has 0 aromatic heterocycles. The van der Waals surface area contributed by atoms with Gasteiger partial charge in [0.25, 0.3) is 0 Å². The molecular weight excluding hydrogens is 482 g/mol. The lowest BCUT2D eigenvalue weighted by atomic mass is 9.94. The Bertz CT molecular complexity index is 1220. The summed E-state index contributed by atoms with van der Waals surface area (Å²) in [6.45, 7) is 7.41. The van der Waals surface area contributed by atoms with E-state index in [1.807, 2.05) is 84.9 Å². The van der Waals surface area contributed by atoms with Crippen molar-refractivity contribution in [3.8, 4) is 5.75 Å². The molecule has 3 aromatic rings. The molecule has 0 aliphatic carbocycles. The second-order valence-electron chi connectivity index (χ2n) is 9.69. The van der Waals surface area contributed by atoms with Crippen LogP contribution in [0.1, 0.15) is 44.4 Å². The number of para-hydroxylation sites is 1. The molecule has 0 spiro atoms. The SMILES string of the molecule is C/C=C(\c1ccccc1OCc1ccccc1)[C@@H](OCc1ccccc1)[C@@H](NC(=O)OC(C)(C)C)C(=O)O. The molecule has 0 fully saturated rings. The van der Waals surface area contributed by atoms with Crippen LogP contribution >= 0.6 is 0 Å². The van der Waals surface area contributed by atoms with Crippen LogP contribution in [-0.2, 0) is 27.5 Å². The van der Waals surface area contributed by atoms with Crippen LogP contribution in [0.4, 0.5) is 4.79 Å². The number of amides is 1. The van der Waals surface area contributed by atoms with E-state index in [4.69, 9.17) is 14.2 Å². The molecule has 0 heterocycles. The molecule has 0 unspecified atom stereocenters. The topological polar surface area (TPSA) is 94.1 Å². The van der Waals surface area contributed by atoms with Gasteiger partial charge in [-0.05, 0) is 50.5 Å². The van der Waals surface area contributed by atoms with E-state index in [9.17, 15) is 14.7 Å². The maximum absolute atomic E-state index is 12.6. The van der Waals surface area contributed by atoms with Gasteiger partial charge in [0, 0.05) is 5.56 Å². The summed E-state index contributed by atoms with van der Waals surface area (Å²) >= 11 is 0. The van der Waals surface area contributed by atoms with Gasteiger partial charge in [0.05, 0.1) is 6.61 Å². The number of nitrogens with one attached hydrogen (secondary N) is 1. The van der Waals surface area contributed by atoms with E-state index in [0.717, 1.165) is 11.1 Å². The van der Waals surface area contributed by atoms with E-state index < -0.39 is 29.8 Å². The maximum Gasteiger partial charge on any atom is 0.408 e. The summed E-state index contributed by atoms with van der Waals surface area (Å²) in [5.74, 6) is -0.685. The molecule has 0 aliphatic heterocycles. The smallest absolute Gasteiger partial charge is 0.408 e. The number of alkyl carbamates (subject to hydrolysis) is 1. The first-order chi connectivity index (χ1) is 18.2. The zero-order chi connectivity index (χ0) is 27.5. The Labute approximate surface area is 224 Å². The number of carbonyl (C=O) groups excluding carboxylic acids is 1. The van der Waals surface area contributed by atoms with Crippen LogP contribution in [0.2, 0.25) is 0 Å². The standard InChI is InChI=1S/C31H35NO6/c1-5-24(25-18-12-13-19-26(25)36-20-22-14-8-6-9-15-22)28(37-21-23-16-10-7-11-17-23)27(29(33)34)32-30(35)38-31(2,3)4/h5-19,27-28H,20-21H2,1-4H3,(H,32,35)(H,33,34)/b24-5+/t27-,28-/m1/s1. The van der Waals surface area contributed by atoms with E-state index in [-0.39, 0.29) is 6.61 Å². The first kappa shape index (κ1) is 28.5. The second-order valence-corrected chi connectivity index (χ2v) is 9.69. The fourth-order valence-electron chi connectivity index (χ4n) is 3.87. The summed E-state index contributed by atoms with van der Waals surface area (Å²) in [7, 11) is 0. The number of carboxylic acids is 1. The normalized spacial score (nSPS) is 13.3. The molecule has 7 heteroatoms. The Morgan fingerprint density at radius 3 is 1.97 bits per heavy atom. The predicted octanol–water partition coefficient (Wildman–Crippen LogP) is 6.23. The molecule has 0 saturated carbocycles. The fourth-order valence-corrected chi connectivity index (χ4v) is 3.87. The van der Waals surface area contributed by atoms with E-state index in [2.05, 4.69) is 5.32 Å². The number of aliphatic carboxylic acids is 1. The Balaban J connectivity index is 1.96. The van der Waals surface area contributed by atoms with Crippen LogP contribution in [0.15, 0.2) is 91.0 Å². The van der Waals surface area contributed by atoms with Crippen molar-refractivity contribution in [1.29, 1.82) is 0 Å². The highest BCUT2D eigenvalue weighted by molar-refractivity contribution is 5.86. The van der Waals surface area contributed by atoms with Crippen LogP contribution in [-0.4, -0.2) is 34.9 Å². The second kappa shape index (κ2) is 13.4. The molecule has 0 radical (unpaired) electrons. The zero-order valence-corrected chi connectivity index (χ0v) is 22.2. The molecule has 1 amide bonds. The Morgan fingerprint density at radius 2 is 1.42 bits per heavy atom. The number of benzene rings is 3. The zero-order valence-electron chi connectivity index (χ0n) is 22.2. The van der Waals surface area contributed by atoms with Gasteiger partial charge in [0.15, 0.2) is 6.04 Å². The number of allylic oxidation sites excluding steroid dienone is 1. The molecule has 200 valence electrons. The van der Waals surface area contributed by atoms with E-state index >= 15 is 0 Å². The van der Waals surface area contributed by atoms with Crippen LogP contribution in [0, 0.1) is 0 Å². The average molecular weight is 518 g/mol. The molecule has 3 aromatic carbocycles. The summed E-state index contributed by atoms with van der Waals surface area (Å²) in [6, 6.07) is 25.1. The van der Waals surface area contributed by atoms with Gasteiger partial charge in [-0.3, -0.25) is 0 Å². The third kappa shape index (κ3) is 8.49. The molecular formula is C31H35NO6. The van der Waals surface area contributed by atoms with Crippen molar-refractivity contribution in [2.75, 3.05) is 0 Å². The fraction of sp³-hybridized carbons (Fsp3) is 0.290. The first-order valence-corrected chi connectivity index (χ1v) is 12.5. The number of carboxylic acid groups (broad SMARTS) is 1. The first-order valence-electron chi connectivity index (χ1n) is 12.5. The minimum absolute atomic E-state index is 0.135. The number of ether oxygens (including phenoxy) is 3. The van der Waals surface area contributed by atoms with Crippen LogP contribution in [0.3, 0.4) is 0 Å². The number of carbonyl (C=O) groups is 2. The molecule has 3 rings (SSSR count). The van der Waals surface area contributed by atoms with E-state index in [1.54, 1.807) is 33.8 Å².